The molecular formula is C12H16F3N. The molecule has 16 heavy (non-hydrogen) atoms. The maximum absolute atomic E-state index is 12.5. The van der Waals surface area contributed by atoms with E-state index >= 15 is 0 Å². The zero-order valence-corrected chi connectivity index (χ0v) is 9.51. The molecule has 0 heterocycles. The molecule has 0 saturated heterocycles. The van der Waals surface area contributed by atoms with Crippen LogP contribution in [0.25, 0.3) is 0 Å². The average Bonchev–Trinajstić information content (AvgIpc) is 2.24. The van der Waals surface area contributed by atoms with Gasteiger partial charge in [0.15, 0.2) is 0 Å². The molecular weight excluding hydrogens is 215 g/mol. The number of rotatable bonds is 4. The monoisotopic (exact) mass is 231 g/mol. The summed E-state index contributed by atoms with van der Waals surface area (Å²) in [5.41, 5.74) is 1.77. The number of alkyl halides is 3. The predicted octanol–water partition coefficient (Wildman–Crippen LogP) is 3.59. The van der Waals surface area contributed by atoms with Gasteiger partial charge in [0.25, 0.3) is 0 Å². The maximum atomic E-state index is 12.5. The molecule has 1 nitrogen and oxygen atoms in total. The van der Waals surface area contributed by atoms with Crippen LogP contribution in [0.3, 0.4) is 0 Å². The highest BCUT2D eigenvalue weighted by Crippen LogP contribution is 2.23. The molecule has 1 rings (SSSR count). The van der Waals surface area contributed by atoms with Crippen molar-refractivity contribution in [2.75, 3.05) is 6.54 Å². The van der Waals surface area contributed by atoms with Gasteiger partial charge in [-0.15, -0.1) is 0 Å². The molecule has 90 valence electrons. The van der Waals surface area contributed by atoms with E-state index in [2.05, 4.69) is 0 Å². The van der Waals surface area contributed by atoms with Gasteiger partial charge < -0.3 is 0 Å². The van der Waals surface area contributed by atoms with E-state index in [1.165, 1.54) is 6.92 Å². The number of nitrogens with zero attached hydrogens (tertiary/aromatic N) is 1. The van der Waals surface area contributed by atoms with Crippen LogP contribution in [0.2, 0.25) is 0 Å². The van der Waals surface area contributed by atoms with E-state index in [0.717, 1.165) is 12.0 Å². The van der Waals surface area contributed by atoms with Crippen molar-refractivity contribution in [3.63, 3.8) is 0 Å². The lowest BCUT2D eigenvalue weighted by Gasteiger charge is -2.23. The summed E-state index contributed by atoms with van der Waals surface area (Å²) in [6.45, 7) is 3.39. The molecule has 0 aromatic heterocycles. The molecule has 0 saturated carbocycles. The van der Waals surface area contributed by atoms with E-state index in [4.69, 9.17) is 0 Å². The Balaban J connectivity index is 2.78. The predicted molar refractivity (Wildman–Crippen MR) is 58.0 cm³/mol. The minimum Gasteiger partial charge on any atom is -0.210 e. The Labute approximate surface area is 93.9 Å². The number of hydrogen-bond acceptors (Lipinski definition) is 1. The van der Waals surface area contributed by atoms with Gasteiger partial charge in [-0.05, 0) is 17.5 Å². The molecule has 0 N–H and O–H groups in total. The first-order chi connectivity index (χ1) is 7.47. The van der Waals surface area contributed by atoms with Crippen molar-refractivity contribution < 1.29 is 13.2 Å². The maximum Gasteiger partial charge on any atom is 0.460 e. The van der Waals surface area contributed by atoms with Gasteiger partial charge in [0.1, 0.15) is 0 Å². The molecule has 0 atom stereocenters. The molecule has 0 aliphatic carbocycles. The van der Waals surface area contributed by atoms with Crippen molar-refractivity contribution in [3.05, 3.63) is 35.4 Å². The molecule has 0 spiro atoms. The SMILES string of the molecule is CCc1cccc(CN(CC)C(F)(F)F)c1. The summed E-state index contributed by atoms with van der Waals surface area (Å²) >= 11 is 0. The van der Waals surface area contributed by atoms with Crippen LogP contribution in [0, 0.1) is 0 Å². The van der Waals surface area contributed by atoms with Crippen molar-refractivity contribution >= 4 is 0 Å². The third-order valence-electron chi connectivity index (χ3n) is 2.51. The fraction of sp³-hybridized carbons (Fsp3) is 0.500. The summed E-state index contributed by atoms with van der Waals surface area (Å²) in [5.74, 6) is 0. The lowest BCUT2D eigenvalue weighted by Crippen LogP contribution is -2.37. The van der Waals surface area contributed by atoms with E-state index in [-0.39, 0.29) is 13.1 Å². The summed E-state index contributed by atoms with van der Waals surface area (Å²) in [6, 6.07) is 7.29. The molecule has 4 heteroatoms. The van der Waals surface area contributed by atoms with Gasteiger partial charge in [-0.3, -0.25) is 0 Å². The Hall–Kier alpha value is -1.03. The highest BCUT2D eigenvalue weighted by Gasteiger charge is 2.35. The van der Waals surface area contributed by atoms with Crippen LogP contribution in [-0.4, -0.2) is 17.7 Å². The lowest BCUT2D eigenvalue weighted by atomic mass is 10.1. The molecule has 1 aromatic rings. The Morgan fingerprint density at radius 2 is 1.75 bits per heavy atom. The molecule has 1 aromatic carbocycles. The van der Waals surface area contributed by atoms with E-state index in [9.17, 15) is 13.2 Å². The fourth-order valence-electron chi connectivity index (χ4n) is 1.55. The highest BCUT2D eigenvalue weighted by molar-refractivity contribution is 5.23. The van der Waals surface area contributed by atoms with Gasteiger partial charge in [0, 0.05) is 13.1 Å². The van der Waals surface area contributed by atoms with Crippen LogP contribution in [0.15, 0.2) is 24.3 Å². The lowest BCUT2D eigenvalue weighted by molar-refractivity contribution is -0.247. The number of aryl methyl sites for hydroxylation is 1. The molecule has 0 amide bonds. The van der Waals surface area contributed by atoms with Crippen LogP contribution >= 0.6 is 0 Å². The number of hydrogen-bond donors (Lipinski definition) is 0. The molecule has 0 bridgehead atoms. The smallest absolute Gasteiger partial charge is 0.210 e. The van der Waals surface area contributed by atoms with E-state index in [1.54, 1.807) is 12.1 Å². The van der Waals surface area contributed by atoms with Gasteiger partial charge in [-0.1, -0.05) is 38.1 Å². The first-order valence-corrected chi connectivity index (χ1v) is 5.37. The van der Waals surface area contributed by atoms with Gasteiger partial charge in [0.05, 0.1) is 0 Å². The Morgan fingerprint density at radius 1 is 1.12 bits per heavy atom. The van der Waals surface area contributed by atoms with Gasteiger partial charge in [-0.2, -0.15) is 13.2 Å². The summed E-state index contributed by atoms with van der Waals surface area (Å²) in [7, 11) is 0. The number of benzene rings is 1. The topological polar surface area (TPSA) is 3.24 Å². The molecule has 0 unspecified atom stereocenters. The zero-order valence-electron chi connectivity index (χ0n) is 9.51. The Morgan fingerprint density at radius 3 is 2.25 bits per heavy atom. The molecule has 0 aliphatic heterocycles. The van der Waals surface area contributed by atoms with Gasteiger partial charge in [-0.25, -0.2) is 4.90 Å². The van der Waals surface area contributed by atoms with Gasteiger partial charge >= 0.3 is 6.30 Å². The minimum atomic E-state index is -4.25. The van der Waals surface area contributed by atoms with E-state index in [0.29, 0.717) is 10.5 Å². The van der Waals surface area contributed by atoms with Crippen molar-refractivity contribution in [2.45, 2.75) is 33.1 Å². The summed E-state index contributed by atoms with van der Waals surface area (Å²) in [4.78, 5) is 0.502. The van der Waals surface area contributed by atoms with Gasteiger partial charge in [0.2, 0.25) is 0 Å². The van der Waals surface area contributed by atoms with Crippen molar-refractivity contribution in [1.82, 2.24) is 4.90 Å². The summed E-state index contributed by atoms with van der Waals surface area (Å²) < 4.78 is 37.5. The second kappa shape index (κ2) is 5.34. The second-order valence-electron chi connectivity index (χ2n) is 3.66. The third-order valence-corrected chi connectivity index (χ3v) is 2.51. The van der Waals surface area contributed by atoms with E-state index < -0.39 is 6.30 Å². The molecule has 0 fully saturated rings. The number of halogens is 3. The summed E-state index contributed by atoms with van der Waals surface area (Å²) in [5, 5.41) is 0. The second-order valence-corrected chi connectivity index (χ2v) is 3.66. The van der Waals surface area contributed by atoms with Crippen molar-refractivity contribution in [1.29, 1.82) is 0 Å². The largest absolute Gasteiger partial charge is 0.460 e. The Kier molecular flexibility index (Phi) is 4.35. The van der Waals surface area contributed by atoms with Crippen LogP contribution in [0.4, 0.5) is 13.2 Å². The van der Waals surface area contributed by atoms with Crippen molar-refractivity contribution in [2.24, 2.45) is 0 Å². The van der Waals surface area contributed by atoms with E-state index in [1.807, 2.05) is 19.1 Å². The fourth-order valence-corrected chi connectivity index (χ4v) is 1.55. The van der Waals surface area contributed by atoms with Crippen molar-refractivity contribution in [3.8, 4) is 0 Å². The van der Waals surface area contributed by atoms with Crippen LogP contribution < -0.4 is 0 Å². The molecule has 0 radical (unpaired) electrons. The van der Waals surface area contributed by atoms with Crippen LogP contribution in [0.5, 0.6) is 0 Å². The third kappa shape index (κ3) is 3.52. The molecule has 0 aliphatic rings. The minimum absolute atomic E-state index is 0.0279. The summed E-state index contributed by atoms with van der Waals surface area (Å²) in [6.07, 6.45) is -3.41. The first-order valence-electron chi connectivity index (χ1n) is 5.37. The van der Waals surface area contributed by atoms with Crippen LogP contribution in [-0.2, 0) is 13.0 Å². The zero-order chi connectivity index (χ0) is 12.2. The van der Waals surface area contributed by atoms with Crippen LogP contribution in [0.1, 0.15) is 25.0 Å². The quantitative estimate of drug-likeness (QED) is 0.716. The average molecular weight is 231 g/mol. The highest BCUT2D eigenvalue weighted by atomic mass is 19.4. The first kappa shape index (κ1) is 13.0. The normalized spacial score (nSPS) is 12.1. The Bertz CT molecular complexity index is 333. The standard InChI is InChI=1S/C12H16F3N/c1-3-10-6-5-7-11(8-10)9-16(4-2)12(13,14)15/h5-8H,3-4,9H2,1-2H3.